The lowest BCUT2D eigenvalue weighted by Crippen LogP contribution is -2.37. The second kappa shape index (κ2) is 5.25. The van der Waals surface area contributed by atoms with Gasteiger partial charge in [0.1, 0.15) is 6.04 Å². The van der Waals surface area contributed by atoms with Gasteiger partial charge in [0.2, 0.25) is 0 Å². The minimum atomic E-state index is -0.537. The first-order chi connectivity index (χ1) is 9.66. The molecule has 3 rings (SSSR count). The molecule has 2 aromatic rings. The third-order valence-electron chi connectivity index (χ3n) is 3.36. The van der Waals surface area contributed by atoms with Crippen LogP contribution in [0.15, 0.2) is 40.9 Å². The van der Waals surface area contributed by atoms with E-state index < -0.39 is 6.04 Å². The predicted molar refractivity (Wildman–Crippen MR) is 78.5 cm³/mol. The lowest BCUT2D eigenvalue weighted by Gasteiger charge is -2.11. The number of ether oxygens (including phenoxy) is 1. The Balaban J connectivity index is 1.96. The van der Waals surface area contributed by atoms with Crippen molar-refractivity contribution < 1.29 is 14.3 Å². The zero-order valence-corrected chi connectivity index (χ0v) is 12.1. The van der Waals surface area contributed by atoms with Gasteiger partial charge in [-0.25, -0.2) is 4.79 Å². The monoisotopic (exact) mass is 333 g/mol. The minimum Gasteiger partial charge on any atom is -0.464 e. The number of rotatable bonds is 2. The molecule has 0 unspecified atom stereocenters. The molecule has 0 radical (unpaired) electrons. The van der Waals surface area contributed by atoms with Gasteiger partial charge in [0.15, 0.2) is 0 Å². The van der Waals surface area contributed by atoms with Crippen molar-refractivity contribution in [2.75, 3.05) is 6.61 Å². The highest BCUT2D eigenvalue weighted by atomic mass is 79.9. The van der Waals surface area contributed by atoms with E-state index in [4.69, 9.17) is 4.74 Å². The maximum absolute atomic E-state index is 12.3. The van der Waals surface area contributed by atoms with Crippen LogP contribution in [0.25, 0.3) is 10.8 Å². The van der Waals surface area contributed by atoms with Crippen molar-refractivity contribution >= 4 is 38.6 Å². The first kappa shape index (κ1) is 13.1. The molecule has 0 bridgehead atoms. The van der Waals surface area contributed by atoms with Crippen molar-refractivity contribution in [3.05, 3.63) is 46.4 Å². The smallest absolute Gasteiger partial charge is 0.328 e. The summed E-state index contributed by atoms with van der Waals surface area (Å²) in [6.45, 7) is 0.366. The molecule has 1 aliphatic heterocycles. The van der Waals surface area contributed by atoms with Crippen LogP contribution >= 0.6 is 15.9 Å². The Labute approximate surface area is 124 Å². The molecule has 20 heavy (non-hydrogen) atoms. The lowest BCUT2D eigenvalue weighted by atomic mass is 10.0. The van der Waals surface area contributed by atoms with Gasteiger partial charge in [-0.1, -0.05) is 40.2 Å². The van der Waals surface area contributed by atoms with E-state index >= 15 is 0 Å². The Bertz CT molecular complexity index is 699. The number of hydrogen-bond donors (Lipinski definition) is 1. The molecule has 0 saturated carbocycles. The molecule has 0 aliphatic carbocycles. The van der Waals surface area contributed by atoms with Gasteiger partial charge in [-0.15, -0.1) is 0 Å². The summed E-state index contributed by atoms with van der Waals surface area (Å²) < 4.78 is 5.78. The number of amides is 1. The summed E-state index contributed by atoms with van der Waals surface area (Å²) in [4.78, 5) is 23.8. The molecule has 1 N–H and O–H groups in total. The van der Waals surface area contributed by atoms with Crippen LogP contribution in [-0.2, 0) is 9.53 Å². The average Bonchev–Trinajstić information content (AvgIpc) is 2.85. The molecule has 4 nitrogen and oxygen atoms in total. The van der Waals surface area contributed by atoms with E-state index in [-0.39, 0.29) is 11.9 Å². The number of hydrogen-bond acceptors (Lipinski definition) is 3. The summed E-state index contributed by atoms with van der Waals surface area (Å²) in [5.74, 6) is -0.614. The normalized spacial score (nSPS) is 18.1. The topological polar surface area (TPSA) is 55.4 Å². The molecule has 5 heteroatoms. The van der Waals surface area contributed by atoms with E-state index in [0.29, 0.717) is 18.6 Å². The molecule has 0 aromatic heterocycles. The van der Waals surface area contributed by atoms with Crippen LogP contribution in [0.4, 0.5) is 0 Å². The Morgan fingerprint density at radius 3 is 2.65 bits per heavy atom. The number of halogens is 1. The number of esters is 1. The van der Waals surface area contributed by atoms with E-state index in [1.807, 2.05) is 30.3 Å². The Morgan fingerprint density at radius 2 is 1.95 bits per heavy atom. The highest BCUT2D eigenvalue weighted by Gasteiger charge is 2.28. The summed E-state index contributed by atoms with van der Waals surface area (Å²) in [5.41, 5.74) is 0.559. The Morgan fingerprint density at radius 1 is 1.20 bits per heavy atom. The summed E-state index contributed by atoms with van der Waals surface area (Å²) >= 11 is 3.47. The molecular weight excluding hydrogens is 322 g/mol. The molecule has 1 aliphatic rings. The predicted octanol–water partition coefficient (Wildman–Crippen LogP) is 2.65. The third-order valence-corrected chi connectivity index (χ3v) is 4.05. The molecule has 2 aromatic carbocycles. The standard InChI is InChI=1S/C15H12BrNO3/c16-12-6-5-11(9-3-1-2-4-10(9)12)14(18)17-13-7-8-20-15(13)19/h1-6,13H,7-8H2,(H,17,18)/t13-/m0/s1. The second-order valence-corrected chi connectivity index (χ2v) is 5.48. The maximum Gasteiger partial charge on any atom is 0.328 e. The van der Waals surface area contributed by atoms with Crippen molar-refractivity contribution in [1.82, 2.24) is 5.32 Å². The zero-order chi connectivity index (χ0) is 14.1. The molecule has 0 spiro atoms. The van der Waals surface area contributed by atoms with E-state index in [2.05, 4.69) is 21.2 Å². The fraction of sp³-hybridized carbons (Fsp3) is 0.200. The van der Waals surface area contributed by atoms with Gasteiger partial charge in [-0.3, -0.25) is 4.79 Å². The van der Waals surface area contributed by atoms with Gasteiger partial charge in [-0.2, -0.15) is 0 Å². The van der Waals surface area contributed by atoms with Crippen LogP contribution in [0.3, 0.4) is 0 Å². The summed E-state index contributed by atoms with van der Waals surface area (Å²) in [6.07, 6.45) is 0.527. The van der Waals surface area contributed by atoms with Gasteiger partial charge >= 0.3 is 5.97 Å². The number of benzene rings is 2. The van der Waals surface area contributed by atoms with Crippen LogP contribution in [0.5, 0.6) is 0 Å². The maximum atomic E-state index is 12.3. The van der Waals surface area contributed by atoms with Crippen molar-refractivity contribution in [3.8, 4) is 0 Å². The lowest BCUT2D eigenvalue weighted by molar-refractivity contribution is -0.139. The number of fused-ring (bicyclic) bond motifs is 1. The van der Waals surface area contributed by atoms with Crippen molar-refractivity contribution in [1.29, 1.82) is 0 Å². The molecule has 1 fully saturated rings. The average molecular weight is 334 g/mol. The summed E-state index contributed by atoms with van der Waals surface area (Å²) in [6, 6.07) is 10.7. The summed E-state index contributed by atoms with van der Waals surface area (Å²) in [7, 11) is 0. The van der Waals surface area contributed by atoms with Crippen LogP contribution in [0, 0.1) is 0 Å². The van der Waals surface area contributed by atoms with Crippen molar-refractivity contribution in [3.63, 3.8) is 0 Å². The van der Waals surface area contributed by atoms with Gasteiger partial charge in [0.25, 0.3) is 5.91 Å². The number of carbonyl (C=O) groups excluding carboxylic acids is 2. The Hall–Kier alpha value is -1.88. The first-order valence-corrected chi connectivity index (χ1v) is 7.11. The van der Waals surface area contributed by atoms with Crippen LogP contribution in [0.2, 0.25) is 0 Å². The number of cyclic esters (lactones) is 1. The molecule has 1 amide bonds. The van der Waals surface area contributed by atoms with Gasteiger partial charge in [0, 0.05) is 16.5 Å². The molecular formula is C15H12BrNO3. The van der Waals surface area contributed by atoms with E-state index in [0.717, 1.165) is 15.2 Å². The van der Waals surface area contributed by atoms with E-state index in [1.165, 1.54) is 0 Å². The Kier molecular flexibility index (Phi) is 3.44. The molecule has 1 heterocycles. The van der Waals surface area contributed by atoms with E-state index in [9.17, 15) is 9.59 Å². The van der Waals surface area contributed by atoms with Crippen molar-refractivity contribution in [2.24, 2.45) is 0 Å². The minimum absolute atomic E-state index is 0.252. The first-order valence-electron chi connectivity index (χ1n) is 6.31. The van der Waals surface area contributed by atoms with Gasteiger partial charge in [0.05, 0.1) is 6.61 Å². The third kappa shape index (κ3) is 2.29. The zero-order valence-electron chi connectivity index (χ0n) is 10.6. The highest BCUT2D eigenvalue weighted by molar-refractivity contribution is 9.10. The van der Waals surface area contributed by atoms with Gasteiger partial charge in [-0.05, 0) is 22.9 Å². The molecule has 1 saturated heterocycles. The van der Waals surface area contributed by atoms with E-state index in [1.54, 1.807) is 6.07 Å². The van der Waals surface area contributed by atoms with Crippen LogP contribution < -0.4 is 5.32 Å². The van der Waals surface area contributed by atoms with Gasteiger partial charge < -0.3 is 10.1 Å². The largest absolute Gasteiger partial charge is 0.464 e. The summed E-state index contributed by atoms with van der Waals surface area (Å²) in [5, 5.41) is 4.55. The molecule has 1 atom stereocenters. The quantitative estimate of drug-likeness (QED) is 0.859. The number of nitrogens with one attached hydrogen (secondary N) is 1. The SMILES string of the molecule is O=C(N[C@H]1CCOC1=O)c1ccc(Br)c2ccccc12. The molecule has 102 valence electrons. The second-order valence-electron chi connectivity index (χ2n) is 4.62. The van der Waals surface area contributed by atoms with Crippen molar-refractivity contribution in [2.45, 2.75) is 12.5 Å². The van der Waals surface area contributed by atoms with Crippen LogP contribution in [0.1, 0.15) is 16.8 Å². The fourth-order valence-electron chi connectivity index (χ4n) is 2.32. The number of carbonyl (C=O) groups is 2. The fourth-order valence-corrected chi connectivity index (χ4v) is 2.80. The highest BCUT2D eigenvalue weighted by Crippen LogP contribution is 2.27. The van der Waals surface area contributed by atoms with Crippen LogP contribution in [-0.4, -0.2) is 24.5 Å².